The van der Waals surface area contributed by atoms with Crippen LogP contribution < -0.4 is 4.90 Å². The van der Waals surface area contributed by atoms with Crippen molar-refractivity contribution in [2.24, 2.45) is 0 Å². The van der Waals surface area contributed by atoms with Gasteiger partial charge >= 0.3 is 0 Å². The zero-order valence-corrected chi connectivity index (χ0v) is 32.4. The van der Waals surface area contributed by atoms with Crippen molar-refractivity contribution in [3.8, 4) is 0 Å². The quantitative estimate of drug-likeness (QED) is 0.0790. The highest BCUT2D eigenvalue weighted by Crippen LogP contribution is 2.35. The number of unbranched alkanes of at least 4 members (excludes halogenated alkanes) is 21. The molecule has 0 radical (unpaired) electrons. The zero-order valence-electron chi connectivity index (χ0n) is 32.4. The lowest BCUT2D eigenvalue weighted by Crippen LogP contribution is -2.26. The molecule has 0 amide bonds. The van der Waals surface area contributed by atoms with Crippen LogP contribution in [-0.4, -0.2) is 31.1 Å². The highest BCUT2D eigenvalue weighted by molar-refractivity contribution is 5.65. The third kappa shape index (κ3) is 17.1. The van der Waals surface area contributed by atoms with Gasteiger partial charge < -0.3 is 9.80 Å². The van der Waals surface area contributed by atoms with Gasteiger partial charge in [-0.2, -0.15) is 0 Å². The summed E-state index contributed by atoms with van der Waals surface area (Å²) < 4.78 is 0. The molecule has 2 heteroatoms. The molecule has 1 heterocycles. The lowest BCUT2D eigenvalue weighted by atomic mass is 9.84. The molecular formula is C46H78N2. The Hall–Kier alpha value is -1.96. The van der Waals surface area contributed by atoms with E-state index in [9.17, 15) is 0 Å². The maximum Gasteiger partial charge on any atom is 0.0392 e. The number of nitrogens with zero attached hydrogens (tertiary/aromatic N) is 2. The minimum absolute atomic E-state index is 1.14. The SMILES string of the molecule is CCCCCCCCCCCCCCCCCCN1C=CC2=C(CCCC2=Cc2ccc(N(CCCCCC)CCCCCC)cc2)C1. The molecule has 3 rings (SSSR count). The van der Waals surface area contributed by atoms with Crippen LogP contribution in [0.1, 0.15) is 200 Å². The van der Waals surface area contributed by atoms with Crippen molar-refractivity contribution in [1.29, 1.82) is 0 Å². The molecule has 0 spiro atoms. The summed E-state index contributed by atoms with van der Waals surface area (Å²) in [6.45, 7) is 11.7. The molecule has 0 saturated carbocycles. The summed E-state index contributed by atoms with van der Waals surface area (Å²) in [4.78, 5) is 5.25. The van der Waals surface area contributed by atoms with Crippen LogP contribution in [0.5, 0.6) is 0 Å². The highest BCUT2D eigenvalue weighted by atomic mass is 15.1. The van der Waals surface area contributed by atoms with Gasteiger partial charge in [-0.3, -0.25) is 0 Å². The van der Waals surface area contributed by atoms with Gasteiger partial charge in [0.1, 0.15) is 0 Å². The molecule has 2 aliphatic rings. The van der Waals surface area contributed by atoms with Gasteiger partial charge in [0.15, 0.2) is 0 Å². The van der Waals surface area contributed by atoms with Crippen molar-refractivity contribution in [2.45, 2.75) is 194 Å². The van der Waals surface area contributed by atoms with Crippen molar-refractivity contribution in [3.05, 3.63) is 58.8 Å². The van der Waals surface area contributed by atoms with Gasteiger partial charge in [0.05, 0.1) is 0 Å². The van der Waals surface area contributed by atoms with E-state index in [4.69, 9.17) is 0 Å². The van der Waals surface area contributed by atoms with Crippen molar-refractivity contribution < 1.29 is 0 Å². The summed E-state index contributed by atoms with van der Waals surface area (Å²) in [5.41, 5.74) is 7.55. The van der Waals surface area contributed by atoms with E-state index in [2.05, 4.69) is 73.2 Å². The van der Waals surface area contributed by atoms with Crippen LogP contribution in [0.15, 0.2) is 53.3 Å². The molecule has 0 aromatic heterocycles. The van der Waals surface area contributed by atoms with E-state index in [1.54, 1.807) is 16.7 Å². The van der Waals surface area contributed by atoms with Crippen LogP contribution in [0.25, 0.3) is 6.08 Å². The summed E-state index contributed by atoms with van der Waals surface area (Å²) in [7, 11) is 0. The van der Waals surface area contributed by atoms with Crippen LogP contribution in [0.3, 0.4) is 0 Å². The summed E-state index contributed by atoms with van der Waals surface area (Å²) in [5.74, 6) is 0. The second-order valence-electron chi connectivity index (χ2n) is 15.3. The standard InChI is InChI=1S/C46H78N2/c1-4-7-10-13-14-15-16-17-18-19-20-21-22-23-24-25-36-47-39-35-46-43(29-28-30-44(46)41-47)40-42-31-33-45(34-32-42)48(37-26-11-8-5-2)38-27-12-9-6-3/h31-35,39-40H,4-30,36-38,41H2,1-3H3. The Morgan fingerprint density at radius 2 is 1.04 bits per heavy atom. The Labute approximate surface area is 299 Å². The molecular weight excluding hydrogens is 581 g/mol. The van der Waals surface area contributed by atoms with Crippen molar-refractivity contribution in [2.75, 3.05) is 31.1 Å². The number of allylic oxidation sites excluding steroid dienone is 3. The van der Waals surface area contributed by atoms with E-state index in [-0.39, 0.29) is 0 Å². The van der Waals surface area contributed by atoms with E-state index in [1.807, 2.05) is 0 Å². The number of hydrogen-bond acceptors (Lipinski definition) is 2. The Kier molecular flexibility index (Phi) is 22.6. The van der Waals surface area contributed by atoms with Gasteiger partial charge in [0.2, 0.25) is 0 Å². The van der Waals surface area contributed by atoms with Crippen LogP contribution in [0, 0.1) is 0 Å². The predicted molar refractivity (Wildman–Crippen MR) is 216 cm³/mol. The van der Waals surface area contributed by atoms with Gasteiger partial charge in [-0.1, -0.05) is 174 Å². The third-order valence-corrected chi connectivity index (χ3v) is 11.0. The molecule has 1 aromatic rings. The fraction of sp³-hybridized carbons (Fsp3) is 0.739. The van der Waals surface area contributed by atoms with E-state index in [0.29, 0.717) is 0 Å². The third-order valence-electron chi connectivity index (χ3n) is 11.0. The minimum atomic E-state index is 1.14. The molecule has 1 aliphatic heterocycles. The minimum Gasteiger partial charge on any atom is -0.373 e. The maximum atomic E-state index is 2.65. The molecule has 1 aromatic carbocycles. The van der Waals surface area contributed by atoms with E-state index in [1.165, 1.54) is 204 Å². The first kappa shape index (κ1) is 40.5. The molecule has 0 bridgehead atoms. The molecule has 0 saturated heterocycles. The largest absolute Gasteiger partial charge is 0.373 e. The van der Waals surface area contributed by atoms with Crippen molar-refractivity contribution in [1.82, 2.24) is 4.90 Å². The smallest absolute Gasteiger partial charge is 0.0392 e. The monoisotopic (exact) mass is 659 g/mol. The Balaban J connectivity index is 1.33. The van der Waals surface area contributed by atoms with Crippen LogP contribution in [-0.2, 0) is 0 Å². The van der Waals surface area contributed by atoms with E-state index >= 15 is 0 Å². The number of anilines is 1. The topological polar surface area (TPSA) is 6.48 Å². The summed E-state index contributed by atoms with van der Waals surface area (Å²) >= 11 is 0. The summed E-state index contributed by atoms with van der Waals surface area (Å²) in [6.07, 6.45) is 44.8. The first-order chi connectivity index (χ1) is 23.7. The average molecular weight is 659 g/mol. The zero-order chi connectivity index (χ0) is 33.9. The normalized spacial score (nSPS) is 15.5. The van der Waals surface area contributed by atoms with Crippen LogP contribution in [0.4, 0.5) is 5.69 Å². The van der Waals surface area contributed by atoms with Gasteiger partial charge in [0, 0.05) is 31.9 Å². The first-order valence-corrected chi connectivity index (χ1v) is 21.4. The van der Waals surface area contributed by atoms with Gasteiger partial charge in [-0.15, -0.1) is 0 Å². The van der Waals surface area contributed by atoms with Crippen LogP contribution >= 0.6 is 0 Å². The molecule has 272 valence electrons. The number of rotatable bonds is 29. The average Bonchev–Trinajstić information content (AvgIpc) is 3.11. The Morgan fingerprint density at radius 3 is 1.56 bits per heavy atom. The van der Waals surface area contributed by atoms with Crippen molar-refractivity contribution >= 4 is 11.8 Å². The molecule has 0 N–H and O–H groups in total. The molecule has 1 aliphatic carbocycles. The lowest BCUT2D eigenvalue weighted by molar-refractivity contribution is 0.375. The Morgan fingerprint density at radius 1 is 0.562 bits per heavy atom. The molecule has 0 unspecified atom stereocenters. The van der Waals surface area contributed by atoms with Gasteiger partial charge in [0.25, 0.3) is 0 Å². The number of benzene rings is 1. The second kappa shape index (κ2) is 26.8. The van der Waals surface area contributed by atoms with Gasteiger partial charge in [-0.05, 0) is 85.2 Å². The Bertz CT molecular complexity index is 1000. The molecule has 0 fully saturated rings. The first-order valence-electron chi connectivity index (χ1n) is 21.4. The molecule has 2 nitrogen and oxygen atoms in total. The van der Waals surface area contributed by atoms with Crippen molar-refractivity contribution in [3.63, 3.8) is 0 Å². The molecule has 0 atom stereocenters. The van der Waals surface area contributed by atoms with E-state index < -0.39 is 0 Å². The summed E-state index contributed by atoms with van der Waals surface area (Å²) in [6, 6.07) is 9.53. The molecule has 48 heavy (non-hydrogen) atoms. The fourth-order valence-electron chi connectivity index (χ4n) is 7.83. The number of hydrogen-bond donors (Lipinski definition) is 0. The van der Waals surface area contributed by atoms with Crippen LogP contribution in [0.2, 0.25) is 0 Å². The lowest BCUT2D eigenvalue weighted by Gasteiger charge is -2.31. The van der Waals surface area contributed by atoms with Gasteiger partial charge in [-0.25, -0.2) is 0 Å². The highest BCUT2D eigenvalue weighted by Gasteiger charge is 2.20. The van der Waals surface area contributed by atoms with E-state index in [0.717, 1.165) is 6.54 Å². The fourth-order valence-corrected chi connectivity index (χ4v) is 7.83. The second-order valence-corrected chi connectivity index (χ2v) is 15.3. The predicted octanol–water partition coefficient (Wildman–Crippen LogP) is 14.6. The maximum absolute atomic E-state index is 2.65. The summed E-state index contributed by atoms with van der Waals surface area (Å²) in [5, 5.41) is 0.